The maximum Gasteiger partial charge on any atom is 0.255 e. The van der Waals surface area contributed by atoms with Gasteiger partial charge in [-0.2, -0.15) is 0 Å². The average Bonchev–Trinajstić information content (AvgIpc) is 3.15. The Morgan fingerprint density at radius 2 is 1.66 bits per heavy atom. The molecule has 1 fully saturated rings. The molecule has 0 aromatic heterocycles. The number of ether oxygens (including phenoxy) is 2. The van der Waals surface area contributed by atoms with Crippen molar-refractivity contribution >= 4 is 27.3 Å². The summed E-state index contributed by atoms with van der Waals surface area (Å²) in [6, 6.07) is 20.9. The van der Waals surface area contributed by atoms with Gasteiger partial charge in [0.15, 0.2) is 5.75 Å². The van der Waals surface area contributed by atoms with Crippen LogP contribution in [0.2, 0.25) is 0 Å². The molecule has 0 saturated carbocycles. The number of hydrogen-bond acceptors (Lipinski definition) is 5. The molecule has 4 rings (SSSR count). The van der Waals surface area contributed by atoms with E-state index in [4.69, 9.17) is 9.47 Å². The molecular formula is C24H24N2O5S. The number of carbonyl (C=O) groups excluding carboxylic acids is 1. The van der Waals surface area contributed by atoms with Gasteiger partial charge in [0.25, 0.3) is 5.91 Å². The highest BCUT2D eigenvalue weighted by Gasteiger charge is 2.28. The third kappa shape index (κ3) is 4.86. The Bertz CT molecular complexity index is 1190. The number of nitrogens with zero attached hydrogens (tertiary/aromatic N) is 1. The van der Waals surface area contributed by atoms with Gasteiger partial charge in [-0.15, -0.1) is 0 Å². The van der Waals surface area contributed by atoms with E-state index in [1.807, 2.05) is 31.2 Å². The quantitative estimate of drug-likeness (QED) is 0.563. The molecule has 1 aliphatic heterocycles. The topological polar surface area (TPSA) is 84.9 Å². The molecule has 1 saturated heterocycles. The minimum absolute atomic E-state index is 0.153. The van der Waals surface area contributed by atoms with E-state index in [2.05, 4.69) is 5.32 Å². The second kappa shape index (κ2) is 9.32. The van der Waals surface area contributed by atoms with E-state index in [9.17, 15) is 13.2 Å². The molecule has 1 N–H and O–H groups in total. The standard InChI is InChI=1S/C24H24N2O5S/c1-2-30-20-12-14-21(15-13-20)31-23-7-4-3-6-22(23)25-24(27)18-8-10-19(11-9-18)26-16-5-17-32(26,28)29/h3-4,6-15H,2,5,16-17H2,1H3,(H,25,27). The van der Waals surface area contributed by atoms with E-state index in [0.717, 1.165) is 5.75 Å². The number of rotatable bonds is 7. The first-order valence-electron chi connectivity index (χ1n) is 10.4. The van der Waals surface area contributed by atoms with Crippen LogP contribution in [0.15, 0.2) is 72.8 Å². The predicted octanol–water partition coefficient (Wildman–Crippen LogP) is 4.67. The van der Waals surface area contributed by atoms with Gasteiger partial charge < -0.3 is 14.8 Å². The average molecular weight is 453 g/mol. The molecule has 1 amide bonds. The fourth-order valence-electron chi connectivity index (χ4n) is 3.46. The van der Waals surface area contributed by atoms with E-state index in [1.165, 1.54) is 4.31 Å². The highest BCUT2D eigenvalue weighted by atomic mass is 32.2. The first-order chi connectivity index (χ1) is 15.5. The third-order valence-electron chi connectivity index (χ3n) is 5.01. The van der Waals surface area contributed by atoms with Crippen LogP contribution in [0, 0.1) is 0 Å². The van der Waals surface area contributed by atoms with Crippen molar-refractivity contribution in [3.05, 3.63) is 78.4 Å². The predicted molar refractivity (Wildman–Crippen MR) is 124 cm³/mol. The maximum atomic E-state index is 12.8. The van der Waals surface area contributed by atoms with E-state index in [-0.39, 0.29) is 11.7 Å². The van der Waals surface area contributed by atoms with Gasteiger partial charge in [-0.1, -0.05) is 12.1 Å². The molecule has 1 aliphatic rings. The second-order valence-electron chi connectivity index (χ2n) is 7.25. The number of amides is 1. The van der Waals surface area contributed by atoms with E-state index in [0.29, 0.717) is 48.0 Å². The van der Waals surface area contributed by atoms with E-state index in [1.54, 1.807) is 48.5 Å². The first-order valence-corrected chi connectivity index (χ1v) is 12.0. The smallest absolute Gasteiger partial charge is 0.255 e. The third-order valence-corrected chi connectivity index (χ3v) is 6.88. The monoisotopic (exact) mass is 452 g/mol. The Hall–Kier alpha value is -3.52. The van der Waals surface area contributed by atoms with Gasteiger partial charge in [0.1, 0.15) is 11.5 Å². The van der Waals surface area contributed by atoms with Crippen molar-refractivity contribution in [3.63, 3.8) is 0 Å². The van der Waals surface area contributed by atoms with Crippen LogP contribution in [-0.2, 0) is 10.0 Å². The molecule has 7 nitrogen and oxygen atoms in total. The van der Waals surface area contributed by atoms with Crippen molar-refractivity contribution in [2.45, 2.75) is 13.3 Å². The van der Waals surface area contributed by atoms with Crippen LogP contribution >= 0.6 is 0 Å². The molecule has 1 heterocycles. The fourth-order valence-corrected chi connectivity index (χ4v) is 5.02. The largest absolute Gasteiger partial charge is 0.494 e. The summed E-state index contributed by atoms with van der Waals surface area (Å²) in [6.45, 7) is 2.97. The van der Waals surface area contributed by atoms with E-state index < -0.39 is 10.0 Å². The summed E-state index contributed by atoms with van der Waals surface area (Å²) in [5.74, 6) is 1.71. The van der Waals surface area contributed by atoms with Crippen LogP contribution in [-0.4, -0.2) is 33.2 Å². The molecule has 0 aliphatic carbocycles. The van der Waals surface area contributed by atoms with Crippen LogP contribution < -0.4 is 19.1 Å². The zero-order chi connectivity index (χ0) is 22.6. The van der Waals surface area contributed by atoms with Crippen molar-refractivity contribution in [2.75, 3.05) is 28.5 Å². The second-order valence-corrected chi connectivity index (χ2v) is 9.26. The number of anilines is 2. The Morgan fingerprint density at radius 3 is 2.31 bits per heavy atom. The Labute approximate surface area is 187 Å². The van der Waals surface area contributed by atoms with Gasteiger partial charge >= 0.3 is 0 Å². The molecule has 3 aromatic rings. The summed E-state index contributed by atoms with van der Waals surface area (Å²) in [6.07, 6.45) is 0.607. The molecule has 0 atom stereocenters. The number of para-hydroxylation sites is 2. The molecule has 32 heavy (non-hydrogen) atoms. The van der Waals surface area contributed by atoms with Crippen LogP contribution in [0.25, 0.3) is 0 Å². The molecular weight excluding hydrogens is 428 g/mol. The van der Waals surface area contributed by atoms with Crippen molar-refractivity contribution in [1.82, 2.24) is 0 Å². The van der Waals surface area contributed by atoms with Crippen LogP contribution in [0.5, 0.6) is 17.2 Å². The molecule has 3 aromatic carbocycles. The highest BCUT2D eigenvalue weighted by molar-refractivity contribution is 7.93. The summed E-state index contributed by atoms with van der Waals surface area (Å²) in [7, 11) is -3.25. The van der Waals surface area contributed by atoms with Gasteiger partial charge in [-0.05, 0) is 74.0 Å². The number of benzene rings is 3. The lowest BCUT2D eigenvalue weighted by molar-refractivity contribution is 0.102. The Kier molecular flexibility index (Phi) is 6.32. The summed E-state index contributed by atoms with van der Waals surface area (Å²) in [4.78, 5) is 12.8. The number of nitrogens with one attached hydrogen (secondary N) is 1. The highest BCUT2D eigenvalue weighted by Crippen LogP contribution is 2.31. The first kappa shape index (κ1) is 21.7. The van der Waals surface area contributed by atoms with Crippen molar-refractivity contribution in [1.29, 1.82) is 0 Å². The lowest BCUT2D eigenvalue weighted by Gasteiger charge is -2.17. The van der Waals surface area contributed by atoms with Crippen molar-refractivity contribution in [3.8, 4) is 17.2 Å². The minimum Gasteiger partial charge on any atom is -0.494 e. The number of sulfonamides is 1. The van der Waals surface area contributed by atoms with Gasteiger partial charge in [0.2, 0.25) is 10.0 Å². The summed E-state index contributed by atoms with van der Waals surface area (Å²) in [5.41, 5.74) is 1.51. The summed E-state index contributed by atoms with van der Waals surface area (Å²) < 4.78 is 36.9. The maximum absolute atomic E-state index is 12.8. The minimum atomic E-state index is -3.25. The van der Waals surface area contributed by atoms with Gasteiger partial charge in [0, 0.05) is 12.1 Å². The fraction of sp³-hybridized carbons (Fsp3) is 0.208. The van der Waals surface area contributed by atoms with E-state index >= 15 is 0 Å². The molecule has 166 valence electrons. The van der Waals surface area contributed by atoms with Gasteiger partial charge in [-0.25, -0.2) is 8.42 Å². The van der Waals surface area contributed by atoms with Gasteiger partial charge in [-0.3, -0.25) is 9.10 Å². The zero-order valence-corrected chi connectivity index (χ0v) is 18.5. The number of carbonyl (C=O) groups is 1. The molecule has 0 unspecified atom stereocenters. The SMILES string of the molecule is CCOc1ccc(Oc2ccccc2NC(=O)c2ccc(N3CCCS3(=O)=O)cc2)cc1. The number of hydrogen-bond donors (Lipinski definition) is 1. The molecule has 0 spiro atoms. The van der Waals surface area contributed by atoms with Crippen LogP contribution in [0.1, 0.15) is 23.7 Å². The van der Waals surface area contributed by atoms with Crippen molar-refractivity contribution in [2.24, 2.45) is 0 Å². The molecule has 8 heteroatoms. The van der Waals surface area contributed by atoms with Gasteiger partial charge in [0.05, 0.1) is 23.7 Å². The summed E-state index contributed by atoms with van der Waals surface area (Å²) >= 11 is 0. The van der Waals surface area contributed by atoms with Crippen LogP contribution in [0.3, 0.4) is 0 Å². The lowest BCUT2D eigenvalue weighted by Crippen LogP contribution is -2.25. The summed E-state index contributed by atoms with van der Waals surface area (Å²) in [5, 5.41) is 2.86. The molecule has 0 radical (unpaired) electrons. The van der Waals surface area contributed by atoms with Crippen molar-refractivity contribution < 1.29 is 22.7 Å². The van der Waals surface area contributed by atoms with Crippen LogP contribution in [0.4, 0.5) is 11.4 Å². The lowest BCUT2D eigenvalue weighted by atomic mass is 10.2. The normalized spacial score (nSPS) is 14.7. The Morgan fingerprint density at radius 1 is 0.969 bits per heavy atom. The zero-order valence-electron chi connectivity index (χ0n) is 17.7. The molecule has 0 bridgehead atoms. The Balaban J connectivity index is 1.47.